The average Bonchev–Trinajstić information content (AvgIpc) is 3.36. The van der Waals surface area contributed by atoms with Gasteiger partial charge in [0.1, 0.15) is 5.75 Å². The molecule has 0 N–H and O–H groups in total. The van der Waals surface area contributed by atoms with Crippen molar-refractivity contribution in [3.8, 4) is 5.75 Å². The number of benzene rings is 2. The Morgan fingerprint density at radius 2 is 1.50 bits per heavy atom. The van der Waals surface area contributed by atoms with E-state index in [9.17, 15) is 4.79 Å². The van der Waals surface area contributed by atoms with Crippen LogP contribution in [0.5, 0.6) is 5.75 Å². The smallest absolute Gasteiger partial charge is 0.225 e. The van der Waals surface area contributed by atoms with Gasteiger partial charge in [-0.1, -0.05) is 113 Å². The number of hydrogen-bond acceptors (Lipinski definition) is 3. The predicted molar refractivity (Wildman–Crippen MR) is 170 cm³/mol. The van der Waals surface area contributed by atoms with Crippen molar-refractivity contribution in [2.75, 3.05) is 18.1 Å². The van der Waals surface area contributed by atoms with Gasteiger partial charge in [0.2, 0.25) is 11.4 Å². The largest absolute Gasteiger partial charge is 0.494 e. The van der Waals surface area contributed by atoms with Crippen molar-refractivity contribution < 1.29 is 14.1 Å². The fourth-order valence-corrected chi connectivity index (χ4v) is 5.79. The van der Waals surface area contributed by atoms with Crippen LogP contribution in [0.4, 0.5) is 5.69 Å². The third kappa shape index (κ3) is 12.2. The first-order chi connectivity index (χ1) is 19.5. The van der Waals surface area contributed by atoms with E-state index < -0.39 is 0 Å². The summed E-state index contributed by atoms with van der Waals surface area (Å²) in [5, 5.41) is 0. The van der Waals surface area contributed by atoms with Gasteiger partial charge in [-0.3, -0.25) is 4.79 Å². The van der Waals surface area contributed by atoms with Crippen LogP contribution in [-0.2, 0) is 17.8 Å². The van der Waals surface area contributed by atoms with E-state index in [0.29, 0.717) is 6.54 Å². The number of anilines is 1. The first-order valence-corrected chi connectivity index (χ1v) is 16.5. The molecule has 218 valence electrons. The van der Waals surface area contributed by atoms with E-state index in [0.717, 1.165) is 37.4 Å². The summed E-state index contributed by atoms with van der Waals surface area (Å²) >= 11 is 1.75. The molecule has 2 aromatic carbocycles. The molecule has 0 atom stereocenters. The van der Waals surface area contributed by atoms with Gasteiger partial charge in [0.05, 0.1) is 11.5 Å². The van der Waals surface area contributed by atoms with Crippen LogP contribution in [0.15, 0.2) is 60.2 Å². The molecule has 0 aliphatic carbocycles. The maximum absolute atomic E-state index is 12.5. The summed E-state index contributed by atoms with van der Waals surface area (Å²) in [4.78, 5) is 15.6. The Hall–Kier alpha value is -2.66. The molecule has 0 saturated heterocycles. The Morgan fingerprint density at radius 3 is 2.10 bits per heavy atom. The van der Waals surface area contributed by atoms with E-state index in [1.807, 2.05) is 11.0 Å². The molecule has 1 aromatic heterocycles. The molecule has 1 heterocycles. The summed E-state index contributed by atoms with van der Waals surface area (Å²) < 4.78 is 8.26. The lowest BCUT2D eigenvalue weighted by Gasteiger charge is -2.21. The molecule has 0 unspecified atom stereocenters. The van der Waals surface area contributed by atoms with Gasteiger partial charge in [0.15, 0.2) is 12.7 Å². The van der Waals surface area contributed by atoms with Crippen LogP contribution < -0.4 is 14.2 Å². The first-order valence-electron chi connectivity index (χ1n) is 15.6. The summed E-state index contributed by atoms with van der Waals surface area (Å²) in [5.41, 5.74) is 5.51. The molecule has 5 heteroatoms. The molecule has 0 bridgehead atoms. The van der Waals surface area contributed by atoms with Crippen LogP contribution in [0.2, 0.25) is 0 Å². The van der Waals surface area contributed by atoms with E-state index in [4.69, 9.17) is 4.74 Å². The first kappa shape index (κ1) is 31.9. The number of carbonyl (C=O) groups excluding carboxylic acids is 1. The van der Waals surface area contributed by atoms with Gasteiger partial charge < -0.3 is 9.64 Å². The second-order valence-electron chi connectivity index (χ2n) is 11.1. The number of ether oxygens (including phenoxy) is 1. The zero-order chi connectivity index (χ0) is 28.4. The number of carbonyl (C=O) groups is 1. The summed E-state index contributed by atoms with van der Waals surface area (Å²) in [6, 6.07) is 16.7. The summed E-state index contributed by atoms with van der Waals surface area (Å²) in [5.74, 6) is 0.996. The van der Waals surface area contributed by atoms with E-state index in [1.54, 1.807) is 18.3 Å². The molecule has 0 fully saturated rings. The predicted octanol–water partition coefficient (Wildman–Crippen LogP) is 9.07. The standard InChI is InChI=1S/C35H51N2O2S/c1-4-5-6-7-8-9-10-11-12-13-14-15-25-39-35-18-16-17-32(26-35)23-24-37(31(3)38)34-21-19-33(20-22-34)28-36-27-30(2)40-29-36/h16-22,26-27,29H,4-15,23-25,28H2,1-3H3/q+1. The van der Waals surface area contributed by atoms with Crippen LogP contribution in [0.3, 0.4) is 0 Å². The molecule has 3 aromatic rings. The number of hydrogen-bond donors (Lipinski definition) is 0. The normalized spacial score (nSPS) is 11.1. The topological polar surface area (TPSA) is 33.4 Å². The van der Waals surface area contributed by atoms with Crippen molar-refractivity contribution >= 4 is 22.9 Å². The molecule has 3 rings (SSSR count). The van der Waals surface area contributed by atoms with Crippen molar-refractivity contribution in [1.82, 2.24) is 0 Å². The van der Waals surface area contributed by atoms with Crippen molar-refractivity contribution in [3.63, 3.8) is 0 Å². The van der Waals surface area contributed by atoms with E-state index >= 15 is 0 Å². The van der Waals surface area contributed by atoms with Crippen LogP contribution in [-0.4, -0.2) is 19.1 Å². The third-order valence-corrected chi connectivity index (χ3v) is 8.36. The summed E-state index contributed by atoms with van der Waals surface area (Å²) in [7, 11) is 0. The lowest BCUT2D eigenvalue weighted by Crippen LogP contribution is -2.31. The van der Waals surface area contributed by atoms with Crippen LogP contribution in [0, 0.1) is 6.92 Å². The monoisotopic (exact) mass is 563 g/mol. The molecule has 4 nitrogen and oxygen atoms in total. The number of thiazole rings is 1. The van der Waals surface area contributed by atoms with E-state index in [2.05, 4.69) is 72.6 Å². The van der Waals surface area contributed by atoms with Crippen LogP contribution >= 0.6 is 11.3 Å². The van der Waals surface area contributed by atoms with Gasteiger partial charge in [-0.15, -0.1) is 0 Å². The molecular formula is C35H51N2O2S+. The molecule has 0 aliphatic heterocycles. The van der Waals surface area contributed by atoms with Gasteiger partial charge in [0.25, 0.3) is 0 Å². The highest BCUT2D eigenvalue weighted by Crippen LogP contribution is 2.19. The van der Waals surface area contributed by atoms with Crippen LogP contribution in [0.1, 0.15) is 107 Å². The van der Waals surface area contributed by atoms with Gasteiger partial charge in [-0.05, 0) is 49.6 Å². The van der Waals surface area contributed by atoms with Crippen molar-refractivity contribution in [2.45, 2.75) is 111 Å². The van der Waals surface area contributed by atoms with E-state index in [1.165, 1.54) is 86.6 Å². The lowest BCUT2D eigenvalue weighted by molar-refractivity contribution is -0.683. The average molecular weight is 564 g/mol. The van der Waals surface area contributed by atoms with Gasteiger partial charge in [-0.25, -0.2) is 0 Å². The lowest BCUT2D eigenvalue weighted by atomic mass is 10.1. The number of amides is 1. The fraction of sp³-hybridized carbons (Fsp3) is 0.543. The Morgan fingerprint density at radius 1 is 0.850 bits per heavy atom. The molecular weight excluding hydrogens is 512 g/mol. The minimum absolute atomic E-state index is 0.0648. The Kier molecular flexibility index (Phi) is 14.9. The number of aromatic nitrogens is 1. The second-order valence-corrected chi connectivity index (χ2v) is 12.2. The maximum atomic E-state index is 12.5. The summed E-state index contributed by atoms with van der Waals surface area (Å²) in [6.45, 7) is 8.31. The Balaban J connectivity index is 1.33. The van der Waals surface area contributed by atoms with Gasteiger partial charge in [-0.2, -0.15) is 4.57 Å². The van der Waals surface area contributed by atoms with E-state index in [-0.39, 0.29) is 5.91 Å². The quantitative estimate of drug-likeness (QED) is 0.101. The highest BCUT2D eigenvalue weighted by molar-refractivity contribution is 7.09. The minimum Gasteiger partial charge on any atom is -0.494 e. The summed E-state index contributed by atoms with van der Waals surface area (Å²) in [6.07, 6.45) is 19.2. The molecule has 0 aliphatic rings. The minimum atomic E-state index is 0.0648. The zero-order valence-corrected chi connectivity index (χ0v) is 26.0. The van der Waals surface area contributed by atoms with Crippen molar-refractivity contribution in [3.05, 3.63) is 76.2 Å². The number of aryl methyl sites for hydroxylation is 1. The molecule has 40 heavy (non-hydrogen) atoms. The highest BCUT2D eigenvalue weighted by atomic mass is 32.1. The SMILES string of the molecule is CCCCCCCCCCCCCCOc1cccc(CCN(C(C)=O)c2ccc(C[n+]3csc(C)c3)cc2)c1. The van der Waals surface area contributed by atoms with Crippen molar-refractivity contribution in [1.29, 1.82) is 0 Å². The van der Waals surface area contributed by atoms with Crippen molar-refractivity contribution in [2.24, 2.45) is 0 Å². The Labute approximate surface area is 247 Å². The number of unbranched alkanes of at least 4 members (excludes halogenated alkanes) is 11. The highest BCUT2D eigenvalue weighted by Gasteiger charge is 2.13. The number of nitrogens with zero attached hydrogens (tertiary/aromatic N) is 2. The van der Waals surface area contributed by atoms with Crippen LogP contribution in [0.25, 0.3) is 0 Å². The van der Waals surface area contributed by atoms with Gasteiger partial charge in [0, 0.05) is 24.7 Å². The number of rotatable bonds is 20. The van der Waals surface area contributed by atoms with Gasteiger partial charge >= 0.3 is 0 Å². The Bertz CT molecular complexity index is 1110. The zero-order valence-electron chi connectivity index (χ0n) is 25.2. The molecule has 0 saturated carbocycles. The second kappa shape index (κ2) is 18.6. The molecule has 0 spiro atoms. The third-order valence-electron chi connectivity index (χ3n) is 7.50. The fourth-order valence-electron chi connectivity index (χ4n) is 5.15. The molecule has 0 radical (unpaired) electrons. The maximum Gasteiger partial charge on any atom is 0.225 e. The molecule has 1 amide bonds.